The molecule has 32 heavy (non-hydrogen) atoms. The van der Waals surface area contributed by atoms with Gasteiger partial charge in [-0.2, -0.15) is 5.26 Å². The lowest BCUT2D eigenvalue weighted by Gasteiger charge is -2.30. The number of para-hydroxylation sites is 1. The van der Waals surface area contributed by atoms with Gasteiger partial charge >= 0.3 is 0 Å². The molecule has 0 fully saturated rings. The van der Waals surface area contributed by atoms with Gasteiger partial charge in [-0.15, -0.1) is 0 Å². The normalized spacial score (nSPS) is 17.1. The van der Waals surface area contributed by atoms with E-state index in [1.165, 1.54) is 16.8 Å². The van der Waals surface area contributed by atoms with Crippen LogP contribution in [0.4, 0.5) is 5.69 Å². The van der Waals surface area contributed by atoms with Gasteiger partial charge in [0.2, 0.25) is 0 Å². The Labute approximate surface area is 187 Å². The number of hydrogen-bond acceptors (Lipinski definition) is 5. The van der Waals surface area contributed by atoms with Gasteiger partial charge in [0.05, 0.1) is 37.4 Å². The lowest BCUT2D eigenvalue weighted by molar-refractivity contribution is 0.0945. The van der Waals surface area contributed by atoms with Crippen molar-refractivity contribution in [3.05, 3.63) is 94.3 Å². The summed E-state index contributed by atoms with van der Waals surface area (Å²) in [6.07, 6.45) is 2.90. The summed E-state index contributed by atoms with van der Waals surface area (Å²) in [6, 6.07) is 20.3. The molecule has 0 aliphatic carbocycles. The van der Waals surface area contributed by atoms with Gasteiger partial charge < -0.3 is 15.0 Å². The first kappa shape index (κ1) is 20.2. The summed E-state index contributed by atoms with van der Waals surface area (Å²) in [6.45, 7) is 3.02. The lowest BCUT2D eigenvalue weighted by Crippen LogP contribution is -2.31. The number of hydrogen-bond donors (Lipinski definition) is 1. The molecule has 160 valence electrons. The fourth-order valence-electron chi connectivity index (χ4n) is 4.39. The average Bonchev–Trinajstić information content (AvgIpc) is 2.86. The largest absolute Gasteiger partial charge is 0.375 e. The van der Waals surface area contributed by atoms with E-state index in [1.807, 2.05) is 24.4 Å². The van der Waals surface area contributed by atoms with Crippen LogP contribution in [0, 0.1) is 11.3 Å². The Morgan fingerprint density at radius 1 is 1.16 bits per heavy atom. The van der Waals surface area contributed by atoms with Crippen LogP contribution < -0.4 is 10.2 Å². The minimum Gasteiger partial charge on any atom is -0.375 e. The number of rotatable bonds is 4. The maximum Gasteiger partial charge on any atom is 0.251 e. The van der Waals surface area contributed by atoms with Crippen LogP contribution in [0.3, 0.4) is 0 Å². The first-order valence-corrected chi connectivity index (χ1v) is 10.9. The molecule has 1 amide bonds. The minimum atomic E-state index is -0.332. The Bertz CT molecular complexity index is 1190. The average molecular weight is 425 g/mol. The zero-order chi connectivity index (χ0) is 21.9. The first-order chi connectivity index (χ1) is 15.7. The fraction of sp³-hybridized carbons (Fsp3) is 0.269. The molecule has 0 radical (unpaired) electrons. The van der Waals surface area contributed by atoms with Crippen LogP contribution in [0.25, 0.3) is 0 Å². The van der Waals surface area contributed by atoms with Crippen molar-refractivity contribution in [1.82, 2.24) is 10.3 Å². The highest BCUT2D eigenvalue weighted by Gasteiger charge is 2.22. The van der Waals surface area contributed by atoms with E-state index >= 15 is 0 Å². The maximum atomic E-state index is 12.8. The smallest absolute Gasteiger partial charge is 0.251 e. The SMILES string of the molecule is N#CC1COCc2ccc(C(=O)NCc3cc4c(cn3)CCN(c3ccccc3)C4)cc21. The Balaban J connectivity index is 1.27. The third kappa shape index (κ3) is 4.08. The molecule has 2 aliphatic heterocycles. The van der Waals surface area contributed by atoms with Crippen LogP contribution in [-0.4, -0.2) is 24.0 Å². The van der Waals surface area contributed by atoms with Crippen LogP contribution in [0.2, 0.25) is 0 Å². The molecule has 1 N–H and O–H groups in total. The Morgan fingerprint density at radius 2 is 2.03 bits per heavy atom. The van der Waals surface area contributed by atoms with E-state index in [2.05, 4.69) is 51.6 Å². The number of nitrogens with zero attached hydrogens (tertiary/aromatic N) is 3. The molecule has 5 rings (SSSR count). The summed E-state index contributed by atoms with van der Waals surface area (Å²) < 4.78 is 5.45. The molecule has 2 aliphatic rings. The van der Waals surface area contributed by atoms with E-state index in [-0.39, 0.29) is 11.8 Å². The van der Waals surface area contributed by atoms with Crippen molar-refractivity contribution in [1.29, 1.82) is 5.26 Å². The Morgan fingerprint density at radius 3 is 2.88 bits per heavy atom. The Kier molecular flexibility index (Phi) is 5.57. The van der Waals surface area contributed by atoms with E-state index in [1.54, 1.807) is 6.07 Å². The molecule has 1 unspecified atom stereocenters. The predicted octanol–water partition coefficient (Wildman–Crippen LogP) is 3.71. The number of ether oxygens (including phenoxy) is 1. The number of amides is 1. The van der Waals surface area contributed by atoms with Gasteiger partial charge in [0, 0.05) is 30.5 Å². The molecule has 1 aromatic heterocycles. The number of aromatic nitrogens is 1. The van der Waals surface area contributed by atoms with E-state index in [0.717, 1.165) is 36.3 Å². The van der Waals surface area contributed by atoms with Gasteiger partial charge in [0.25, 0.3) is 5.91 Å². The molecule has 3 heterocycles. The number of pyridine rings is 1. The van der Waals surface area contributed by atoms with Gasteiger partial charge in [-0.05, 0) is 59.0 Å². The van der Waals surface area contributed by atoms with E-state index in [0.29, 0.717) is 25.3 Å². The molecule has 2 aromatic carbocycles. The van der Waals surface area contributed by atoms with Gasteiger partial charge in [-0.1, -0.05) is 24.3 Å². The molecule has 1 atom stereocenters. The van der Waals surface area contributed by atoms with Crippen molar-refractivity contribution in [3.8, 4) is 6.07 Å². The second kappa shape index (κ2) is 8.81. The number of fused-ring (bicyclic) bond motifs is 2. The zero-order valence-electron chi connectivity index (χ0n) is 17.8. The molecular weight excluding hydrogens is 400 g/mol. The number of nitrogens with one attached hydrogen (secondary N) is 1. The Hall–Kier alpha value is -3.69. The molecule has 6 heteroatoms. The molecule has 6 nitrogen and oxygen atoms in total. The fourth-order valence-corrected chi connectivity index (χ4v) is 4.39. The lowest BCUT2D eigenvalue weighted by atomic mass is 9.92. The van der Waals surface area contributed by atoms with Crippen molar-refractivity contribution in [2.75, 3.05) is 18.1 Å². The van der Waals surface area contributed by atoms with Crippen LogP contribution in [0.5, 0.6) is 0 Å². The summed E-state index contributed by atoms with van der Waals surface area (Å²) in [5, 5.41) is 12.3. The predicted molar refractivity (Wildman–Crippen MR) is 121 cm³/mol. The number of nitriles is 1. The standard InChI is InChI=1S/C26H24N4O2/c27-12-22-17-32-16-20-7-6-18(11-25(20)22)26(31)29-14-23-10-21-15-30(9-8-19(21)13-28-23)24-4-2-1-3-5-24/h1-7,10-11,13,22H,8-9,14-17H2,(H,29,31). The quantitative estimate of drug-likeness (QED) is 0.691. The first-order valence-electron chi connectivity index (χ1n) is 10.9. The summed E-state index contributed by atoms with van der Waals surface area (Å²) in [4.78, 5) is 19.7. The number of benzene rings is 2. The van der Waals surface area contributed by atoms with Crippen LogP contribution in [0.1, 0.15) is 44.2 Å². The molecule has 0 saturated carbocycles. The van der Waals surface area contributed by atoms with E-state index in [4.69, 9.17) is 4.74 Å². The van der Waals surface area contributed by atoms with Crippen LogP contribution >= 0.6 is 0 Å². The van der Waals surface area contributed by atoms with Gasteiger partial charge in [-0.3, -0.25) is 9.78 Å². The van der Waals surface area contributed by atoms with E-state index < -0.39 is 0 Å². The van der Waals surface area contributed by atoms with Crippen LogP contribution in [0.15, 0.2) is 60.8 Å². The summed E-state index contributed by atoms with van der Waals surface area (Å²) in [5.41, 5.74) is 7.00. The zero-order valence-corrected chi connectivity index (χ0v) is 17.8. The van der Waals surface area contributed by atoms with Crippen molar-refractivity contribution in [3.63, 3.8) is 0 Å². The molecule has 0 saturated heterocycles. The molecule has 0 spiro atoms. The van der Waals surface area contributed by atoms with E-state index in [9.17, 15) is 10.1 Å². The third-order valence-electron chi connectivity index (χ3n) is 6.18. The number of carbonyl (C=O) groups excluding carboxylic acids is 1. The molecule has 0 bridgehead atoms. The monoisotopic (exact) mass is 424 g/mol. The topological polar surface area (TPSA) is 78.2 Å². The van der Waals surface area contributed by atoms with Crippen LogP contribution in [-0.2, 0) is 30.9 Å². The highest BCUT2D eigenvalue weighted by Crippen LogP contribution is 2.27. The molecular formula is C26H24N4O2. The number of anilines is 1. The summed E-state index contributed by atoms with van der Waals surface area (Å²) in [7, 11) is 0. The maximum absolute atomic E-state index is 12.8. The second-order valence-electron chi connectivity index (χ2n) is 8.24. The highest BCUT2D eigenvalue weighted by molar-refractivity contribution is 5.94. The van der Waals surface area contributed by atoms with Crippen molar-refractivity contribution < 1.29 is 9.53 Å². The third-order valence-corrected chi connectivity index (χ3v) is 6.18. The van der Waals surface area contributed by atoms with Crippen molar-refractivity contribution in [2.24, 2.45) is 0 Å². The second-order valence-corrected chi connectivity index (χ2v) is 8.24. The van der Waals surface area contributed by atoms with Gasteiger partial charge in [-0.25, -0.2) is 0 Å². The van der Waals surface area contributed by atoms with Crippen molar-refractivity contribution >= 4 is 11.6 Å². The minimum absolute atomic E-state index is 0.165. The van der Waals surface area contributed by atoms with Crippen molar-refractivity contribution in [2.45, 2.75) is 32.0 Å². The highest BCUT2D eigenvalue weighted by atomic mass is 16.5. The van der Waals surface area contributed by atoms with Gasteiger partial charge in [0.1, 0.15) is 0 Å². The molecule has 3 aromatic rings. The summed E-state index contributed by atoms with van der Waals surface area (Å²) >= 11 is 0. The summed E-state index contributed by atoms with van der Waals surface area (Å²) in [5.74, 6) is -0.497. The van der Waals surface area contributed by atoms with Gasteiger partial charge in [0.15, 0.2) is 0 Å². The number of carbonyl (C=O) groups is 1.